The third kappa shape index (κ3) is 2.68. The number of hydrogen-bond donors (Lipinski definition) is 0. The van der Waals surface area contributed by atoms with Gasteiger partial charge in [-0.15, -0.1) is 0 Å². The lowest BCUT2D eigenvalue weighted by Gasteiger charge is -2.27. The Morgan fingerprint density at radius 1 is 0.862 bits per heavy atom. The van der Waals surface area contributed by atoms with Gasteiger partial charge in [-0.2, -0.15) is 0 Å². The third-order valence-corrected chi connectivity index (χ3v) is 6.75. The van der Waals surface area contributed by atoms with Gasteiger partial charge in [-0.05, 0) is 45.4 Å². The first-order valence-corrected chi connectivity index (χ1v) is 10.3. The molecule has 0 unspecified atom stereocenters. The Hall–Kier alpha value is -2.79. The Morgan fingerprint density at radius 2 is 1.45 bits per heavy atom. The van der Waals surface area contributed by atoms with E-state index >= 15 is 0 Å². The molecule has 4 atom stereocenters. The summed E-state index contributed by atoms with van der Waals surface area (Å²) in [4.78, 5) is 43.7. The maximum absolute atomic E-state index is 13.5. The van der Waals surface area contributed by atoms with Gasteiger partial charge in [-0.1, -0.05) is 47.5 Å². The molecule has 5 rings (SSSR count). The summed E-state index contributed by atoms with van der Waals surface area (Å²) in [7, 11) is 0. The number of Topliss-reactive ketones (excluding diaryl/α,β-unsaturated/α-hetero) is 1. The van der Waals surface area contributed by atoms with E-state index in [-0.39, 0.29) is 23.6 Å². The molecule has 5 nitrogen and oxygen atoms in total. The van der Waals surface area contributed by atoms with Crippen LogP contribution in [0.2, 0.25) is 0 Å². The van der Waals surface area contributed by atoms with E-state index in [9.17, 15) is 14.4 Å². The Balaban J connectivity index is 1.54. The zero-order chi connectivity index (χ0) is 20.3. The van der Waals surface area contributed by atoms with Crippen LogP contribution in [0.3, 0.4) is 0 Å². The van der Waals surface area contributed by atoms with Gasteiger partial charge in [0.1, 0.15) is 0 Å². The Labute approximate surface area is 170 Å². The number of hydrogen-bond acceptors (Lipinski definition) is 4. The van der Waals surface area contributed by atoms with Crippen molar-refractivity contribution < 1.29 is 14.4 Å². The number of carbonyl (C=O) groups is 3. The molecule has 0 spiro atoms. The van der Waals surface area contributed by atoms with Gasteiger partial charge in [0.2, 0.25) is 11.8 Å². The lowest BCUT2D eigenvalue weighted by molar-refractivity contribution is -0.123. The van der Waals surface area contributed by atoms with E-state index in [1.54, 1.807) is 0 Å². The van der Waals surface area contributed by atoms with Crippen molar-refractivity contribution in [2.75, 3.05) is 11.4 Å². The van der Waals surface area contributed by atoms with Crippen LogP contribution in [0.4, 0.5) is 5.69 Å². The summed E-state index contributed by atoms with van der Waals surface area (Å²) in [6, 6.07) is 14.4. The molecule has 29 heavy (non-hydrogen) atoms. The molecule has 0 N–H and O–H groups in total. The van der Waals surface area contributed by atoms with Gasteiger partial charge in [0.15, 0.2) is 5.78 Å². The van der Waals surface area contributed by atoms with Gasteiger partial charge in [-0.3, -0.25) is 19.3 Å². The number of imide groups is 1. The zero-order valence-electron chi connectivity index (χ0n) is 16.7. The van der Waals surface area contributed by atoms with Crippen LogP contribution in [0.25, 0.3) is 0 Å². The van der Waals surface area contributed by atoms with Gasteiger partial charge >= 0.3 is 0 Å². The highest BCUT2D eigenvalue weighted by molar-refractivity contribution is 6.24. The molecule has 5 heteroatoms. The largest absolute Gasteiger partial charge is 0.292 e. The van der Waals surface area contributed by atoms with Gasteiger partial charge in [0.05, 0.1) is 23.6 Å². The molecule has 0 saturated carbocycles. The van der Waals surface area contributed by atoms with Crippen LogP contribution in [0.1, 0.15) is 34.3 Å². The summed E-state index contributed by atoms with van der Waals surface area (Å²) < 4.78 is 0. The number of benzene rings is 2. The molecule has 2 aromatic rings. The molecule has 3 aliphatic heterocycles. The number of fused-ring (bicyclic) bond motifs is 3. The molecular formula is C24H24N2O3. The Morgan fingerprint density at radius 3 is 2.10 bits per heavy atom. The van der Waals surface area contributed by atoms with Crippen molar-refractivity contribution in [3.05, 3.63) is 65.2 Å². The van der Waals surface area contributed by atoms with Crippen molar-refractivity contribution in [2.24, 2.45) is 11.8 Å². The molecule has 2 aromatic carbocycles. The van der Waals surface area contributed by atoms with Crippen molar-refractivity contribution in [3.63, 3.8) is 0 Å². The lowest BCUT2D eigenvalue weighted by atomic mass is 9.85. The number of rotatable bonds is 3. The highest BCUT2D eigenvalue weighted by atomic mass is 16.2. The predicted molar refractivity (Wildman–Crippen MR) is 110 cm³/mol. The zero-order valence-corrected chi connectivity index (χ0v) is 16.7. The second kappa shape index (κ2) is 6.63. The molecule has 3 saturated heterocycles. The van der Waals surface area contributed by atoms with Crippen molar-refractivity contribution in [2.45, 2.75) is 38.8 Å². The fourth-order valence-electron chi connectivity index (χ4n) is 5.35. The monoisotopic (exact) mass is 388 g/mol. The van der Waals surface area contributed by atoms with Crippen molar-refractivity contribution >= 4 is 23.3 Å². The van der Waals surface area contributed by atoms with Crippen LogP contribution in [-0.2, 0) is 9.59 Å². The quantitative estimate of drug-likeness (QED) is 0.599. The SMILES string of the molecule is Cc1ccc(C(=O)[C@@H]2[C@@H]3C(=O)N(c4ccc(C)cc4)C(=O)[C@H]3[C@H]3CCCN32)cc1. The number of amides is 2. The van der Waals surface area contributed by atoms with E-state index in [1.807, 2.05) is 62.4 Å². The van der Waals surface area contributed by atoms with Gasteiger partial charge in [-0.25, -0.2) is 4.90 Å². The second-order valence-electron chi connectivity index (χ2n) is 8.52. The number of anilines is 1. The smallest absolute Gasteiger partial charge is 0.239 e. The lowest BCUT2D eigenvalue weighted by Crippen LogP contribution is -2.46. The maximum atomic E-state index is 13.5. The maximum Gasteiger partial charge on any atom is 0.239 e. The van der Waals surface area contributed by atoms with Crippen molar-refractivity contribution in [3.8, 4) is 0 Å². The molecule has 0 aliphatic carbocycles. The van der Waals surface area contributed by atoms with Crippen molar-refractivity contribution in [1.29, 1.82) is 0 Å². The van der Waals surface area contributed by atoms with Crippen LogP contribution >= 0.6 is 0 Å². The topological polar surface area (TPSA) is 57.7 Å². The van der Waals surface area contributed by atoms with E-state index in [0.717, 1.165) is 30.5 Å². The van der Waals surface area contributed by atoms with Crippen molar-refractivity contribution in [1.82, 2.24) is 4.90 Å². The van der Waals surface area contributed by atoms with Gasteiger partial charge in [0, 0.05) is 11.6 Å². The molecule has 0 bridgehead atoms. The van der Waals surface area contributed by atoms with Gasteiger partial charge in [0.25, 0.3) is 0 Å². The minimum atomic E-state index is -0.595. The standard InChI is InChI=1S/C24H24N2O3/c1-14-5-9-16(10-6-14)22(27)21-20-19(18-4-3-13-25(18)21)23(28)26(24(20)29)17-11-7-15(2)8-12-17/h5-12,18-21H,3-4,13H2,1-2H3/t18-,19+,20-,21+/m1/s1. The third-order valence-electron chi connectivity index (χ3n) is 6.75. The number of nitrogens with zero attached hydrogens (tertiary/aromatic N) is 2. The Bertz CT molecular complexity index is 996. The molecular weight excluding hydrogens is 364 g/mol. The van der Waals surface area contributed by atoms with E-state index in [0.29, 0.717) is 11.3 Å². The van der Waals surface area contributed by atoms with Crippen LogP contribution in [-0.4, -0.2) is 41.1 Å². The average Bonchev–Trinajstić information content (AvgIpc) is 3.35. The average molecular weight is 388 g/mol. The summed E-state index contributed by atoms with van der Waals surface area (Å²) in [6.07, 6.45) is 1.82. The minimum absolute atomic E-state index is 0.0219. The predicted octanol–water partition coefficient (Wildman–Crippen LogP) is 3.14. The number of ketones is 1. The van der Waals surface area contributed by atoms with E-state index < -0.39 is 17.9 Å². The van der Waals surface area contributed by atoms with E-state index in [4.69, 9.17) is 0 Å². The molecule has 0 aromatic heterocycles. The summed E-state index contributed by atoms with van der Waals surface area (Å²) in [6.45, 7) is 4.72. The molecule has 0 radical (unpaired) electrons. The first-order valence-electron chi connectivity index (χ1n) is 10.3. The molecule has 3 aliphatic rings. The number of aryl methyl sites for hydroxylation is 2. The van der Waals surface area contributed by atoms with Crippen LogP contribution in [0.5, 0.6) is 0 Å². The van der Waals surface area contributed by atoms with E-state index in [2.05, 4.69) is 4.90 Å². The van der Waals surface area contributed by atoms with Crippen LogP contribution in [0, 0.1) is 25.7 Å². The highest BCUT2D eigenvalue weighted by Crippen LogP contribution is 2.48. The first kappa shape index (κ1) is 18.3. The molecule has 2 amide bonds. The summed E-state index contributed by atoms with van der Waals surface area (Å²) >= 11 is 0. The van der Waals surface area contributed by atoms with Crippen LogP contribution in [0.15, 0.2) is 48.5 Å². The van der Waals surface area contributed by atoms with Gasteiger partial charge < -0.3 is 0 Å². The fraction of sp³-hybridized carbons (Fsp3) is 0.375. The second-order valence-corrected chi connectivity index (χ2v) is 8.52. The number of carbonyl (C=O) groups excluding carboxylic acids is 3. The van der Waals surface area contributed by atoms with Crippen LogP contribution < -0.4 is 4.90 Å². The minimum Gasteiger partial charge on any atom is -0.292 e. The molecule has 3 fully saturated rings. The normalized spacial score (nSPS) is 28.7. The summed E-state index contributed by atoms with van der Waals surface area (Å²) in [5.41, 5.74) is 3.37. The first-order chi connectivity index (χ1) is 14.0. The molecule has 3 heterocycles. The van der Waals surface area contributed by atoms with E-state index in [1.165, 1.54) is 4.90 Å². The highest BCUT2D eigenvalue weighted by Gasteiger charge is 2.64. The summed E-state index contributed by atoms with van der Waals surface area (Å²) in [5.74, 6) is -1.45. The fourth-order valence-corrected chi connectivity index (χ4v) is 5.35. The molecule has 148 valence electrons. The summed E-state index contributed by atoms with van der Waals surface area (Å²) in [5, 5.41) is 0. The Kier molecular flexibility index (Phi) is 4.17.